The fourth-order valence-corrected chi connectivity index (χ4v) is 5.54. The van der Waals surface area contributed by atoms with Crippen LogP contribution in [0.2, 0.25) is 0 Å². The number of rotatable bonds is 5. The number of hydrogen-bond donors (Lipinski definition) is 0. The Balaban J connectivity index is 1.54. The molecule has 2 aliphatic heterocycles. The van der Waals surface area contributed by atoms with Gasteiger partial charge in [-0.05, 0) is 18.9 Å². The van der Waals surface area contributed by atoms with Gasteiger partial charge in [0.1, 0.15) is 0 Å². The molecule has 2 saturated heterocycles. The van der Waals surface area contributed by atoms with Crippen LogP contribution in [-0.4, -0.2) is 77.5 Å². The van der Waals surface area contributed by atoms with Crippen LogP contribution >= 0.6 is 0 Å². The van der Waals surface area contributed by atoms with Crippen LogP contribution in [0.15, 0.2) is 16.9 Å². The summed E-state index contributed by atoms with van der Waals surface area (Å²) in [5.41, 5.74) is 0.689. The van der Waals surface area contributed by atoms with Crippen molar-refractivity contribution >= 4 is 10.2 Å². The Labute approximate surface area is 174 Å². The summed E-state index contributed by atoms with van der Waals surface area (Å²) in [4.78, 5) is 14.4. The molecule has 0 bridgehead atoms. The van der Waals surface area contributed by atoms with Crippen LogP contribution in [0.3, 0.4) is 0 Å². The van der Waals surface area contributed by atoms with Gasteiger partial charge >= 0.3 is 0 Å². The van der Waals surface area contributed by atoms with Crippen LogP contribution < -0.4 is 5.56 Å². The van der Waals surface area contributed by atoms with Crippen molar-refractivity contribution < 1.29 is 8.42 Å². The summed E-state index contributed by atoms with van der Waals surface area (Å²) < 4.78 is 30.7. The van der Waals surface area contributed by atoms with Crippen LogP contribution in [0.25, 0.3) is 0 Å². The van der Waals surface area contributed by atoms with E-state index in [1.54, 1.807) is 20.7 Å². The summed E-state index contributed by atoms with van der Waals surface area (Å²) in [6, 6.07) is 3.38. The van der Waals surface area contributed by atoms with E-state index in [2.05, 4.69) is 30.8 Å². The topological polar surface area (TPSA) is 78.8 Å². The average molecular weight is 426 g/mol. The number of piperazine rings is 1. The Morgan fingerprint density at radius 2 is 1.45 bits per heavy atom. The molecule has 0 atom stereocenters. The first-order valence-electron chi connectivity index (χ1n) is 10.7. The molecule has 3 heterocycles. The first-order valence-corrected chi connectivity index (χ1v) is 12.1. The van der Waals surface area contributed by atoms with E-state index in [1.807, 2.05) is 0 Å². The second kappa shape index (κ2) is 9.24. The highest BCUT2D eigenvalue weighted by molar-refractivity contribution is 7.86. The molecule has 0 unspecified atom stereocenters. The van der Waals surface area contributed by atoms with Crippen molar-refractivity contribution in [3.8, 4) is 0 Å². The Morgan fingerprint density at radius 1 is 0.862 bits per heavy atom. The van der Waals surface area contributed by atoms with Crippen LogP contribution in [0.5, 0.6) is 0 Å². The smallest absolute Gasteiger partial charge is 0.282 e. The molecule has 0 N–H and O–H groups in total. The summed E-state index contributed by atoms with van der Waals surface area (Å²) in [6.45, 7) is 11.1. The lowest BCUT2D eigenvalue weighted by atomic mass is 9.92. The minimum atomic E-state index is -3.36. The van der Waals surface area contributed by atoms with Crippen molar-refractivity contribution in [1.29, 1.82) is 0 Å². The monoisotopic (exact) mass is 425 g/mol. The van der Waals surface area contributed by atoms with Crippen molar-refractivity contribution in [2.45, 2.75) is 58.4 Å². The first kappa shape index (κ1) is 22.4. The molecule has 0 aliphatic carbocycles. The van der Waals surface area contributed by atoms with E-state index >= 15 is 0 Å². The molecule has 0 radical (unpaired) electrons. The van der Waals surface area contributed by atoms with E-state index < -0.39 is 10.2 Å². The van der Waals surface area contributed by atoms with Gasteiger partial charge in [0.05, 0.1) is 12.2 Å². The van der Waals surface area contributed by atoms with Gasteiger partial charge in [-0.15, -0.1) is 0 Å². The molecule has 1 aromatic rings. The lowest BCUT2D eigenvalue weighted by Gasteiger charge is -2.36. The maximum atomic E-state index is 12.9. The third-order valence-corrected chi connectivity index (χ3v) is 7.85. The molecule has 2 aliphatic rings. The predicted molar refractivity (Wildman–Crippen MR) is 114 cm³/mol. The first-order chi connectivity index (χ1) is 13.7. The van der Waals surface area contributed by atoms with Crippen molar-refractivity contribution in [2.24, 2.45) is 0 Å². The van der Waals surface area contributed by atoms with Gasteiger partial charge in [-0.2, -0.15) is 22.1 Å². The molecule has 0 amide bonds. The number of aromatic nitrogens is 2. The maximum Gasteiger partial charge on any atom is 0.282 e. The van der Waals surface area contributed by atoms with Crippen molar-refractivity contribution in [1.82, 2.24) is 23.3 Å². The molecule has 0 spiro atoms. The van der Waals surface area contributed by atoms with E-state index in [-0.39, 0.29) is 11.0 Å². The fourth-order valence-electron chi connectivity index (χ4n) is 3.86. The minimum absolute atomic E-state index is 0.0969. The highest BCUT2D eigenvalue weighted by Gasteiger charge is 2.32. The number of nitrogens with zero attached hydrogens (tertiary/aromatic N) is 5. The molecule has 164 valence electrons. The summed E-state index contributed by atoms with van der Waals surface area (Å²) in [5.74, 6) is 0. The second-order valence-electron chi connectivity index (χ2n) is 9.09. The molecule has 2 fully saturated rings. The zero-order valence-corrected chi connectivity index (χ0v) is 18.8. The minimum Gasteiger partial charge on any atom is -0.299 e. The molecule has 0 aromatic carbocycles. The van der Waals surface area contributed by atoms with Crippen LogP contribution in [0, 0.1) is 0 Å². The van der Waals surface area contributed by atoms with Gasteiger partial charge in [0.25, 0.3) is 15.8 Å². The quantitative estimate of drug-likeness (QED) is 0.710. The van der Waals surface area contributed by atoms with E-state index in [4.69, 9.17) is 0 Å². The molecule has 9 heteroatoms. The maximum absolute atomic E-state index is 12.9. The highest BCUT2D eigenvalue weighted by Crippen LogP contribution is 2.19. The standard InChI is InChI=1S/C20H35N5O3S/c1-20(2,3)18-8-9-19(26)25(21-18)17-14-22-12-15-24(16-13-22)29(27,28)23-10-6-4-5-7-11-23/h8-9H,4-7,10-17H2,1-3H3. The third-order valence-electron chi connectivity index (χ3n) is 5.81. The third kappa shape index (κ3) is 5.65. The molecular weight excluding hydrogens is 390 g/mol. The van der Waals surface area contributed by atoms with Crippen molar-refractivity contribution in [3.63, 3.8) is 0 Å². The lowest BCUT2D eigenvalue weighted by Crippen LogP contribution is -2.53. The van der Waals surface area contributed by atoms with Gasteiger partial charge in [-0.25, -0.2) is 4.68 Å². The summed E-state index contributed by atoms with van der Waals surface area (Å²) in [7, 11) is -3.36. The largest absolute Gasteiger partial charge is 0.299 e. The van der Waals surface area contributed by atoms with Gasteiger partial charge in [0.2, 0.25) is 0 Å². The fraction of sp³-hybridized carbons (Fsp3) is 0.800. The summed E-state index contributed by atoms with van der Waals surface area (Å²) in [5, 5.41) is 4.52. The van der Waals surface area contributed by atoms with Gasteiger partial charge in [-0.1, -0.05) is 33.6 Å². The molecule has 3 rings (SSSR count). The molecule has 8 nitrogen and oxygen atoms in total. The molecular formula is C20H35N5O3S. The van der Waals surface area contributed by atoms with Crippen LogP contribution in [-0.2, 0) is 22.2 Å². The van der Waals surface area contributed by atoms with E-state index in [9.17, 15) is 13.2 Å². The Bertz CT molecular complexity index is 830. The normalized spacial score (nSPS) is 21.2. The van der Waals surface area contributed by atoms with Crippen molar-refractivity contribution in [3.05, 3.63) is 28.2 Å². The van der Waals surface area contributed by atoms with Gasteiger partial charge < -0.3 is 0 Å². The number of hydrogen-bond acceptors (Lipinski definition) is 5. The average Bonchev–Trinajstić information content (AvgIpc) is 2.97. The van der Waals surface area contributed by atoms with Gasteiger partial charge in [0, 0.05) is 57.3 Å². The molecule has 0 saturated carbocycles. The Hall–Kier alpha value is -1.29. The predicted octanol–water partition coefficient (Wildman–Crippen LogP) is 1.28. The highest BCUT2D eigenvalue weighted by atomic mass is 32.2. The molecule has 29 heavy (non-hydrogen) atoms. The SMILES string of the molecule is CC(C)(C)c1ccc(=O)n(CCN2CCN(S(=O)(=O)N3CCCCCC3)CC2)n1. The molecule has 1 aromatic heterocycles. The van der Waals surface area contributed by atoms with E-state index in [1.165, 1.54) is 4.68 Å². The van der Waals surface area contributed by atoms with Crippen LogP contribution in [0.4, 0.5) is 0 Å². The van der Waals surface area contributed by atoms with Crippen molar-refractivity contribution in [2.75, 3.05) is 45.8 Å². The van der Waals surface area contributed by atoms with E-state index in [0.29, 0.717) is 52.4 Å². The zero-order valence-electron chi connectivity index (χ0n) is 18.0. The van der Waals surface area contributed by atoms with Gasteiger partial charge in [0.15, 0.2) is 0 Å². The van der Waals surface area contributed by atoms with Gasteiger partial charge in [-0.3, -0.25) is 9.69 Å². The Kier molecular flexibility index (Phi) is 7.14. The Morgan fingerprint density at radius 3 is 2.03 bits per heavy atom. The summed E-state index contributed by atoms with van der Waals surface area (Å²) in [6.07, 6.45) is 4.14. The lowest BCUT2D eigenvalue weighted by molar-refractivity contribution is 0.173. The zero-order chi connectivity index (χ0) is 21.1. The second-order valence-corrected chi connectivity index (χ2v) is 11.0. The summed E-state index contributed by atoms with van der Waals surface area (Å²) >= 11 is 0. The van der Waals surface area contributed by atoms with Crippen LogP contribution in [0.1, 0.15) is 52.1 Å². The van der Waals surface area contributed by atoms with E-state index in [0.717, 1.165) is 31.4 Å².